The van der Waals surface area contributed by atoms with E-state index in [1.165, 1.54) is 18.2 Å². The Morgan fingerprint density at radius 1 is 1.00 bits per heavy atom. The number of carbonyl (C=O) groups excluding carboxylic acids is 2. The summed E-state index contributed by atoms with van der Waals surface area (Å²) in [6.07, 6.45) is 1.25. The van der Waals surface area contributed by atoms with Crippen LogP contribution in [0.2, 0.25) is 0 Å². The molecule has 1 heterocycles. The fourth-order valence-electron chi connectivity index (χ4n) is 3.20. The number of hydrogen-bond acceptors (Lipinski definition) is 7. The molecule has 0 radical (unpaired) electrons. The Morgan fingerprint density at radius 3 is 2.37 bits per heavy atom. The maximum atomic E-state index is 12.4. The molecular formula is C21H24N4O5. The van der Waals surface area contributed by atoms with E-state index in [2.05, 4.69) is 15.4 Å². The number of piperazine rings is 1. The number of phenols is 1. The molecular weight excluding hydrogens is 388 g/mol. The molecule has 2 amide bonds. The van der Waals surface area contributed by atoms with Crippen molar-refractivity contribution in [3.05, 3.63) is 48.0 Å². The van der Waals surface area contributed by atoms with Crippen LogP contribution in [0.4, 0.5) is 5.69 Å². The largest absolute Gasteiger partial charge is 0.504 e. The van der Waals surface area contributed by atoms with Gasteiger partial charge < -0.3 is 24.4 Å². The Balaban J connectivity index is 1.54. The zero-order valence-electron chi connectivity index (χ0n) is 16.9. The lowest BCUT2D eigenvalue weighted by Gasteiger charge is -2.36. The number of carbonyl (C=O) groups is 2. The number of phenolic OH excluding ortho intramolecular Hbond substituents is 1. The number of benzene rings is 2. The summed E-state index contributed by atoms with van der Waals surface area (Å²) in [5.74, 6) is -0.530. The number of aromatic hydroxyl groups is 1. The summed E-state index contributed by atoms with van der Waals surface area (Å²) in [4.78, 5) is 28.2. The molecule has 0 atom stereocenters. The standard InChI is InChI=1S/C21H24N4O5/c1-29-17-8-4-3-7-16(17)24-10-12-25(13-11-24)21(28)20(27)23-22-14-15-6-5-9-18(30-2)19(15)26/h3-9,14,26H,10-13H2,1-2H3,(H,23,27)/b22-14-. The SMILES string of the molecule is COc1ccccc1N1CCN(C(=O)C(=O)N/N=C\c2cccc(OC)c2O)CC1. The fourth-order valence-corrected chi connectivity index (χ4v) is 3.20. The van der Waals surface area contributed by atoms with Gasteiger partial charge in [-0.1, -0.05) is 18.2 Å². The average molecular weight is 412 g/mol. The van der Waals surface area contributed by atoms with E-state index in [1.807, 2.05) is 24.3 Å². The molecule has 30 heavy (non-hydrogen) atoms. The molecule has 0 spiro atoms. The minimum atomic E-state index is -0.834. The van der Waals surface area contributed by atoms with E-state index >= 15 is 0 Å². The predicted octanol–water partition coefficient (Wildman–Crippen LogP) is 1.21. The molecule has 0 aromatic heterocycles. The number of hydrogen-bond donors (Lipinski definition) is 2. The van der Waals surface area contributed by atoms with E-state index in [4.69, 9.17) is 9.47 Å². The summed E-state index contributed by atoms with van der Waals surface area (Å²) in [5, 5.41) is 13.8. The van der Waals surface area contributed by atoms with Crippen molar-refractivity contribution in [2.24, 2.45) is 5.10 Å². The number of hydrazone groups is 1. The van der Waals surface area contributed by atoms with Crippen molar-refractivity contribution in [2.45, 2.75) is 0 Å². The summed E-state index contributed by atoms with van der Waals surface area (Å²) in [7, 11) is 3.05. The second kappa shape index (κ2) is 9.64. The van der Waals surface area contributed by atoms with Crippen LogP contribution in [0.25, 0.3) is 0 Å². The molecule has 2 N–H and O–H groups in total. The van der Waals surface area contributed by atoms with Crippen molar-refractivity contribution >= 4 is 23.7 Å². The number of nitrogens with zero attached hydrogens (tertiary/aromatic N) is 3. The molecule has 1 fully saturated rings. The first kappa shape index (κ1) is 21.0. The Kier molecular flexibility index (Phi) is 6.74. The molecule has 2 aromatic rings. The fraction of sp³-hybridized carbons (Fsp3) is 0.286. The van der Waals surface area contributed by atoms with Gasteiger partial charge in [-0.3, -0.25) is 9.59 Å². The van der Waals surface area contributed by atoms with Crippen LogP contribution in [0, 0.1) is 0 Å². The molecule has 0 unspecified atom stereocenters. The Labute approximate surface area is 174 Å². The van der Waals surface area contributed by atoms with Crippen LogP contribution in [0.1, 0.15) is 5.56 Å². The second-order valence-corrected chi connectivity index (χ2v) is 6.55. The first-order valence-corrected chi connectivity index (χ1v) is 9.41. The van der Waals surface area contributed by atoms with Crippen molar-refractivity contribution < 1.29 is 24.2 Å². The molecule has 1 aliphatic heterocycles. The molecule has 2 aromatic carbocycles. The van der Waals surface area contributed by atoms with E-state index in [0.717, 1.165) is 11.4 Å². The summed E-state index contributed by atoms with van der Waals surface area (Å²) in [6, 6.07) is 12.6. The molecule has 9 nitrogen and oxygen atoms in total. The normalized spacial score (nSPS) is 13.9. The summed E-state index contributed by atoms with van der Waals surface area (Å²) < 4.78 is 10.4. The van der Waals surface area contributed by atoms with E-state index < -0.39 is 11.8 Å². The van der Waals surface area contributed by atoms with Crippen LogP contribution >= 0.6 is 0 Å². The Hall–Kier alpha value is -3.75. The molecule has 9 heteroatoms. The van der Waals surface area contributed by atoms with Gasteiger partial charge in [0, 0.05) is 31.7 Å². The third-order valence-electron chi connectivity index (χ3n) is 4.81. The maximum Gasteiger partial charge on any atom is 0.329 e. The molecule has 0 aliphatic carbocycles. The van der Waals surface area contributed by atoms with E-state index in [-0.39, 0.29) is 11.5 Å². The Bertz CT molecular complexity index is 939. The van der Waals surface area contributed by atoms with Crippen LogP contribution < -0.4 is 19.8 Å². The zero-order valence-corrected chi connectivity index (χ0v) is 16.9. The lowest BCUT2D eigenvalue weighted by atomic mass is 10.2. The van der Waals surface area contributed by atoms with E-state index in [1.54, 1.807) is 25.3 Å². The summed E-state index contributed by atoms with van der Waals surface area (Å²) in [5.41, 5.74) is 3.52. The van der Waals surface area contributed by atoms with Crippen molar-refractivity contribution in [1.29, 1.82) is 0 Å². The molecule has 0 saturated carbocycles. The highest BCUT2D eigenvalue weighted by molar-refractivity contribution is 6.35. The van der Waals surface area contributed by atoms with Crippen molar-refractivity contribution in [3.8, 4) is 17.2 Å². The monoisotopic (exact) mass is 412 g/mol. The highest BCUT2D eigenvalue weighted by Gasteiger charge is 2.26. The van der Waals surface area contributed by atoms with Gasteiger partial charge in [-0.05, 0) is 24.3 Å². The van der Waals surface area contributed by atoms with Gasteiger partial charge >= 0.3 is 11.8 Å². The van der Waals surface area contributed by atoms with Gasteiger partial charge in [0.15, 0.2) is 11.5 Å². The number of amides is 2. The third-order valence-corrected chi connectivity index (χ3v) is 4.81. The van der Waals surface area contributed by atoms with Crippen LogP contribution in [0.5, 0.6) is 17.2 Å². The van der Waals surface area contributed by atoms with E-state index in [0.29, 0.717) is 31.7 Å². The third kappa shape index (κ3) is 4.62. The van der Waals surface area contributed by atoms with Gasteiger partial charge in [0.1, 0.15) is 5.75 Å². The second-order valence-electron chi connectivity index (χ2n) is 6.55. The van der Waals surface area contributed by atoms with Crippen LogP contribution in [0.3, 0.4) is 0 Å². The van der Waals surface area contributed by atoms with Crippen LogP contribution in [-0.2, 0) is 9.59 Å². The van der Waals surface area contributed by atoms with Gasteiger partial charge in [-0.15, -0.1) is 0 Å². The maximum absolute atomic E-state index is 12.4. The smallest absolute Gasteiger partial charge is 0.329 e. The zero-order chi connectivity index (χ0) is 21.5. The highest BCUT2D eigenvalue weighted by atomic mass is 16.5. The van der Waals surface area contributed by atoms with Crippen LogP contribution in [-0.4, -0.2) is 68.4 Å². The number of ether oxygens (including phenoxy) is 2. The highest BCUT2D eigenvalue weighted by Crippen LogP contribution is 2.29. The average Bonchev–Trinajstić information content (AvgIpc) is 2.79. The molecule has 1 saturated heterocycles. The van der Waals surface area contributed by atoms with Gasteiger partial charge in [0.25, 0.3) is 0 Å². The lowest BCUT2D eigenvalue weighted by Crippen LogP contribution is -2.52. The van der Waals surface area contributed by atoms with Crippen molar-refractivity contribution in [2.75, 3.05) is 45.3 Å². The van der Waals surface area contributed by atoms with Crippen molar-refractivity contribution in [3.63, 3.8) is 0 Å². The lowest BCUT2D eigenvalue weighted by molar-refractivity contribution is -0.146. The molecule has 158 valence electrons. The first-order chi connectivity index (χ1) is 14.5. The molecule has 1 aliphatic rings. The number of para-hydroxylation sites is 3. The van der Waals surface area contributed by atoms with Crippen molar-refractivity contribution in [1.82, 2.24) is 10.3 Å². The van der Waals surface area contributed by atoms with Gasteiger partial charge in [-0.2, -0.15) is 5.10 Å². The number of anilines is 1. The summed E-state index contributed by atoms with van der Waals surface area (Å²) in [6.45, 7) is 1.98. The van der Waals surface area contributed by atoms with Gasteiger partial charge in [0.2, 0.25) is 0 Å². The number of rotatable bonds is 5. The Morgan fingerprint density at radius 2 is 1.67 bits per heavy atom. The minimum Gasteiger partial charge on any atom is -0.504 e. The minimum absolute atomic E-state index is 0.100. The molecule has 0 bridgehead atoms. The summed E-state index contributed by atoms with van der Waals surface area (Å²) >= 11 is 0. The first-order valence-electron chi connectivity index (χ1n) is 9.41. The van der Waals surface area contributed by atoms with E-state index in [9.17, 15) is 14.7 Å². The van der Waals surface area contributed by atoms with Crippen LogP contribution in [0.15, 0.2) is 47.6 Å². The molecule has 3 rings (SSSR count). The quantitative estimate of drug-likeness (QED) is 0.435. The predicted molar refractivity (Wildman–Crippen MR) is 112 cm³/mol. The number of nitrogens with one attached hydrogen (secondary N) is 1. The topological polar surface area (TPSA) is 104 Å². The van der Waals surface area contributed by atoms with Gasteiger partial charge in [0.05, 0.1) is 26.1 Å². The van der Waals surface area contributed by atoms with Gasteiger partial charge in [-0.25, -0.2) is 5.43 Å². The number of methoxy groups -OCH3 is 2.